The second kappa shape index (κ2) is 8.06. The van der Waals surface area contributed by atoms with E-state index in [2.05, 4.69) is 40.7 Å². The number of hydrogen-bond acceptors (Lipinski definition) is 10. The first-order valence-electron chi connectivity index (χ1n) is 8.99. The number of benzene rings is 1. The fraction of sp³-hybridized carbons (Fsp3) is 0.294. The van der Waals surface area contributed by atoms with Crippen molar-refractivity contribution in [3.8, 4) is 11.6 Å². The summed E-state index contributed by atoms with van der Waals surface area (Å²) in [7, 11) is 0. The summed E-state index contributed by atoms with van der Waals surface area (Å²) in [6, 6.07) is 6.48. The Hall–Kier alpha value is -3.80. The van der Waals surface area contributed by atoms with Crippen LogP contribution in [-0.2, 0) is 6.54 Å². The molecule has 4 N–H and O–H groups in total. The summed E-state index contributed by atoms with van der Waals surface area (Å²) in [5, 5.41) is 28.7. The first kappa shape index (κ1) is 18.6. The van der Waals surface area contributed by atoms with Gasteiger partial charge in [-0.3, -0.25) is 9.69 Å². The van der Waals surface area contributed by atoms with E-state index < -0.39 is 5.91 Å². The van der Waals surface area contributed by atoms with E-state index in [1.165, 1.54) is 17.0 Å². The molecule has 0 radical (unpaired) electrons. The maximum absolute atomic E-state index is 12.7. The minimum Gasteiger partial charge on any atom is -0.508 e. The molecule has 0 atom stereocenters. The van der Waals surface area contributed by atoms with E-state index in [4.69, 9.17) is 5.73 Å². The second-order valence-corrected chi connectivity index (χ2v) is 6.55. The van der Waals surface area contributed by atoms with E-state index in [1.807, 2.05) is 0 Å². The Kier molecular flexibility index (Phi) is 5.16. The SMILES string of the molecule is Nc1nonc1-n1nnc(C(=O)N/N=C\c2cccc(O)c2)c1CN1CCCC1. The van der Waals surface area contributed by atoms with Crippen LogP contribution in [0.5, 0.6) is 5.75 Å². The van der Waals surface area contributed by atoms with Crippen LogP contribution in [0.1, 0.15) is 34.6 Å². The van der Waals surface area contributed by atoms with Gasteiger partial charge >= 0.3 is 0 Å². The zero-order valence-corrected chi connectivity index (χ0v) is 15.4. The number of hydrogen-bond donors (Lipinski definition) is 3. The van der Waals surface area contributed by atoms with Crippen LogP contribution in [0.4, 0.5) is 5.82 Å². The Balaban J connectivity index is 1.57. The minimum atomic E-state index is -0.531. The van der Waals surface area contributed by atoms with E-state index >= 15 is 0 Å². The van der Waals surface area contributed by atoms with E-state index in [9.17, 15) is 9.90 Å². The van der Waals surface area contributed by atoms with Crippen molar-refractivity contribution < 1.29 is 14.5 Å². The monoisotopic (exact) mass is 397 g/mol. The van der Waals surface area contributed by atoms with Crippen molar-refractivity contribution in [2.75, 3.05) is 18.8 Å². The predicted molar refractivity (Wildman–Crippen MR) is 101 cm³/mol. The summed E-state index contributed by atoms with van der Waals surface area (Å²) >= 11 is 0. The highest BCUT2D eigenvalue weighted by Crippen LogP contribution is 2.19. The third kappa shape index (κ3) is 4.06. The lowest BCUT2D eigenvalue weighted by atomic mass is 10.2. The van der Waals surface area contributed by atoms with Crippen LogP contribution in [0.15, 0.2) is 34.0 Å². The number of aromatic hydroxyl groups is 1. The molecule has 2 aromatic heterocycles. The van der Waals surface area contributed by atoms with Gasteiger partial charge in [0.1, 0.15) is 5.75 Å². The molecular weight excluding hydrogens is 378 g/mol. The Labute approximate surface area is 164 Å². The number of carbonyl (C=O) groups excluding carboxylic acids is 1. The number of phenolic OH excluding ortho intramolecular Hbond substituents is 1. The molecule has 3 heterocycles. The molecule has 1 saturated heterocycles. The van der Waals surface area contributed by atoms with Gasteiger partial charge < -0.3 is 10.8 Å². The molecule has 0 bridgehead atoms. The number of hydrazone groups is 1. The average molecular weight is 397 g/mol. The highest BCUT2D eigenvalue weighted by atomic mass is 16.6. The zero-order chi connectivity index (χ0) is 20.2. The van der Waals surface area contributed by atoms with Crippen LogP contribution < -0.4 is 11.2 Å². The molecule has 3 aromatic rings. The molecule has 1 fully saturated rings. The second-order valence-electron chi connectivity index (χ2n) is 6.55. The zero-order valence-electron chi connectivity index (χ0n) is 15.4. The Morgan fingerprint density at radius 3 is 2.90 bits per heavy atom. The van der Waals surface area contributed by atoms with Gasteiger partial charge in [0.25, 0.3) is 5.91 Å². The van der Waals surface area contributed by atoms with Gasteiger partial charge in [0.05, 0.1) is 11.9 Å². The van der Waals surface area contributed by atoms with Gasteiger partial charge in [-0.25, -0.2) is 10.1 Å². The summed E-state index contributed by atoms with van der Waals surface area (Å²) in [5.74, 6) is -0.202. The number of nitrogens with two attached hydrogens (primary N) is 1. The lowest BCUT2D eigenvalue weighted by Crippen LogP contribution is -2.25. The van der Waals surface area contributed by atoms with Crippen molar-refractivity contribution in [2.45, 2.75) is 19.4 Å². The predicted octanol–water partition coefficient (Wildman–Crippen LogP) is 0.298. The number of nitrogens with one attached hydrogen (secondary N) is 1. The number of anilines is 1. The maximum atomic E-state index is 12.7. The van der Waals surface area contributed by atoms with Gasteiger partial charge in [0, 0.05) is 6.54 Å². The smallest absolute Gasteiger partial charge is 0.293 e. The molecule has 0 saturated carbocycles. The molecule has 150 valence electrons. The van der Waals surface area contributed by atoms with Crippen molar-refractivity contribution >= 4 is 17.9 Å². The number of nitrogen functional groups attached to an aromatic ring is 1. The van der Waals surface area contributed by atoms with Gasteiger partial charge in [-0.15, -0.1) is 5.10 Å². The van der Waals surface area contributed by atoms with Gasteiger partial charge in [0.15, 0.2) is 5.69 Å². The van der Waals surface area contributed by atoms with Gasteiger partial charge in [-0.1, -0.05) is 17.3 Å². The normalized spacial score (nSPS) is 14.6. The summed E-state index contributed by atoms with van der Waals surface area (Å²) < 4.78 is 6.01. The highest BCUT2D eigenvalue weighted by molar-refractivity contribution is 5.94. The van der Waals surface area contributed by atoms with Crippen molar-refractivity contribution in [1.82, 2.24) is 35.6 Å². The Morgan fingerprint density at radius 1 is 1.34 bits per heavy atom. The number of aromatic nitrogens is 5. The van der Waals surface area contributed by atoms with E-state index in [0.717, 1.165) is 25.9 Å². The topological polar surface area (TPSA) is 161 Å². The fourth-order valence-corrected chi connectivity index (χ4v) is 3.10. The number of phenols is 1. The lowest BCUT2D eigenvalue weighted by Gasteiger charge is -2.15. The molecule has 1 aliphatic rings. The number of amides is 1. The maximum Gasteiger partial charge on any atom is 0.293 e. The van der Waals surface area contributed by atoms with Crippen LogP contribution in [-0.4, -0.2) is 60.5 Å². The van der Waals surface area contributed by atoms with Gasteiger partial charge in [-0.2, -0.15) is 9.78 Å². The van der Waals surface area contributed by atoms with Crippen LogP contribution in [0, 0.1) is 0 Å². The molecular formula is C17H19N9O3. The van der Waals surface area contributed by atoms with Crippen molar-refractivity contribution in [2.24, 2.45) is 5.10 Å². The van der Waals surface area contributed by atoms with Crippen LogP contribution in [0.25, 0.3) is 5.82 Å². The van der Waals surface area contributed by atoms with Crippen molar-refractivity contribution in [3.05, 3.63) is 41.2 Å². The quantitative estimate of drug-likeness (QED) is 0.392. The summed E-state index contributed by atoms with van der Waals surface area (Å²) in [6.07, 6.45) is 3.59. The average Bonchev–Trinajstić information content (AvgIpc) is 3.44. The number of likely N-dealkylation sites (tertiary alicyclic amines) is 1. The van der Waals surface area contributed by atoms with Crippen LogP contribution in [0.3, 0.4) is 0 Å². The molecule has 12 heteroatoms. The molecule has 0 spiro atoms. The lowest BCUT2D eigenvalue weighted by molar-refractivity contribution is 0.0948. The van der Waals surface area contributed by atoms with Crippen LogP contribution in [0.2, 0.25) is 0 Å². The third-order valence-electron chi connectivity index (χ3n) is 4.50. The van der Waals surface area contributed by atoms with Gasteiger partial charge in [-0.05, 0) is 53.9 Å². The first-order valence-corrected chi connectivity index (χ1v) is 8.99. The summed E-state index contributed by atoms with van der Waals surface area (Å²) in [6.45, 7) is 2.27. The molecule has 1 aromatic carbocycles. The minimum absolute atomic E-state index is 0.0476. The number of rotatable bonds is 6. The largest absolute Gasteiger partial charge is 0.508 e. The molecule has 4 rings (SSSR count). The highest BCUT2D eigenvalue weighted by Gasteiger charge is 2.26. The third-order valence-corrected chi connectivity index (χ3v) is 4.50. The molecule has 1 amide bonds. The fourth-order valence-electron chi connectivity index (χ4n) is 3.10. The summed E-state index contributed by atoms with van der Waals surface area (Å²) in [5.41, 5.74) is 9.46. The first-order chi connectivity index (χ1) is 14.1. The van der Waals surface area contributed by atoms with Crippen LogP contribution >= 0.6 is 0 Å². The molecule has 1 aliphatic heterocycles. The van der Waals surface area contributed by atoms with E-state index in [1.54, 1.807) is 18.2 Å². The molecule has 0 unspecified atom stereocenters. The van der Waals surface area contributed by atoms with Gasteiger partial charge in [0.2, 0.25) is 11.6 Å². The summed E-state index contributed by atoms with van der Waals surface area (Å²) in [4.78, 5) is 14.9. The molecule has 0 aliphatic carbocycles. The molecule has 29 heavy (non-hydrogen) atoms. The molecule has 12 nitrogen and oxygen atoms in total. The Bertz CT molecular complexity index is 1040. The van der Waals surface area contributed by atoms with E-state index in [0.29, 0.717) is 17.8 Å². The van der Waals surface area contributed by atoms with Crippen molar-refractivity contribution in [3.63, 3.8) is 0 Å². The van der Waals surface area contributed by atoms with E-state index in [-0.39, 0.29) is 23.1 Å². The standard InChI is InChI=1S/C17H19N9O3/c18-15-16(23-29-22-15)26-13(10-25-6-1-2-7-25)14(20-24-26)17(28)21-19-9-11-4-3-5-12(27)8-11/h3-5,8-9,27H,1-2,6-7,10H2,(H2,18,22)(H,21,28)/b19-9-. The van der Waals surface area contributed by atoms with Crippen molar-refractivity contribution in [1.29, 1.82) is 0 Å². The number of nitrogens with zero attached hydrogens (tertiary/aromatic N) is 7. The Morgan fingerprint density at radius 2 is 2.17 bits per heavy atom. The number of carbonyl (C=O) groups is 1.